The number of ketones is 1. The Hall–Kier alpha value is -1.66. The normalized spacial score (nSPS) is 49.1. The first-order valence-corrected chi connectivity index (χ1v) is 16.3. The quantitative estimate of drug-likeness (QED) is 0.170. The van der Waals surface area contributed by atoms with Gasteiger partial charge in [0.2, 0.25) is 0 Å². The summed E-state index contributed by atoms with van der Waals surface area (Å²) in [6.07, 6.45) is 1.23. The van der Waals surface area contributed by atoms with Crippen LogP contribution in [0.5, 0.6) is 0 Å². The fourth-order valence-corrected chi connectivity index (χ4v) is 9.33. The number of aliphatic hydroxyl groups is 5. The Morgan fingerprint density at radius 3 is 2.36 bits per heavy atom. The van der Waals surface area contributed by atoms with Crippen LogP contribution in [0.2, 0.25) is 0 Å². The first-order valence-electron chi connectivity index (χ1n) is 16.3. The number of carbonyl (C=O) groups excluding carboxylic acids is 2. The minimum Gasteiger partial charge on any atom is -0.458 e. The van der Waals surface area contributed by atoms with Gasteiger partial charge in [0.25, 0.3) is 0 Å². The largest absolute Gasteiger partial charge is 0.458 e. The zero-order valence-corrected chi connectivity index (χ0v) is 27.2. The molecule has 0 unspecified atom stereocenters. The van der Waals surface area contributed by atoms with Crippen molar-refractivity contribution in [3.05, 3.63) is 23.3 Å². The van der Waals surface area contributed by atoms with Gasteiger partial charge in [0.05, 0.1) is 23.7 Å². The van der Waals surface area contributed by atoms with Gasteiger partial charge in [-0.2, -0.15) is 0 Å². The zero-order valence-electron chi connectivity index (χ0n) is 27.2. The highest BCUT2D eigenvalue weighted by Gasteiger charge is 2.81. The molecule has 0 bridgehead atoms. The first-order chi connectivity index (χ1) is 20.3. The van der Waals surface area contributed by atoms with Crippen molar-refractivity contribution in [1.82, 2.24) is 0 Å². The molecule has 1 heterocycles. The van der Waals surface area contributed by atoms with Crippen LogP contribution in [0.25, 0.3) is 0 Å². The zero-order chi connectivity index (χ0) is 32.6. The van der Waals surface area contributed by atoms with Gasteiger partial charge < -0.3 is 39.7 Å². The molecule has 10 heteroatoms. The minimum atomic E-state index is -1.99. The van der Waals surface area contributed by atoms with E-state index in [1.54, 1.807) is 13.8 Å². The Bertz CT molecular complexity index is 1220. The molecule has 5 rings (SSSR count). The number of aliphatic hydroxyl groups excluding tert-OH is 2. The van der Waals surface area contributed by atoms with Crippen LogP contribution in [0.1, 0.15) is 99.8 Å². The lowest BCUT2D eigenvalue weighted by molar-refractivity contribution is -0.315. The maximum absolute atomic E-state index is 13.3. The Morgan fingerprint density at radius 1 is 1.07 bits per heavy atom. The summed E-state index contributed by atoms with van der Waals surface area (Å²) in [7, 11) is 0. The summed E-state index contributed by atoms with van der Waals surface area (Å²) in [5.74, 6) is -1.54. The van der Waals surface area contributed by atoms with Gasteiger partial charge in [0.1, 0.15) is 29.0 Å². The summed E-state index contributed by atoms with van der Waals surface area (Å²) >= 11 is 0. The predicted molar refractivity (Wildman–Crippen MR) is 160 cm³/mol. The van der Waals surface area contributed by atoms with Crippen LogP contribution in [-0.2, 0) is 23.8 Å². The summed E-state index contributed by atoms with van der Waals surface area (Å²) < 4.78 is 18.2. The number of hydrogen-bond donors (Lipinski definition) is 5. The average molecular weight is 621 g/mol. The first kappa shape index (κ1) is 33.7. The van der Waals surface area contributed by atoms with E-state index in [1.165, 1.54) is 13.0 Å². The maximum Gasteiger partial charge on any atom is 0.330 e. The van der Waals surface area contributed by atoms with Crippen molar-refractivity contribution in [1.29, 1.82) is 0 Å². The van der Waals surface area contributed by atoms with E-state index in [2.05, 4.69) is 6.92 Å². The molecule has 5 aliphatic rings. The van der Waals surface area contributed by atoms with Gasteiger partial charge in [0, 0.05) is 18.4 Å². The molecular weight excluding hydrogens is 568 g/mol. The molecule has 0 amide bonds. The van der Waals surface area contributed by atoms with Crippen LogP contribution in [0.15, 0.2) is 23.3 Å². The molecule has 248 valence electrons. The van der Waals surface area contributed by atoms with Gasteiger partial charge >= 0.3 is 5.97 Å². The number of esters is 1. The fraction of sp³-hybridized carbons (Fsp3) is 0.824. The van der Waals surface area contributed by atoms with Gasteiger partial charge in [0.15, 0.2) is 12.1 Å². The van der Waals surface area contributed by atoms with E-state index in [-0.39, 0.29) is 44.1 Å². The molecule has 0 radical (unpaired) electrons. The van der Waals surface area contributed by atoms with E-state index in [0.717, 1.165) is 11.1 Å². The monoisotopic (exact) mass is 620 g/mol. The van der Waals surface area contributed by atoms with Gasteiger partial charge in [-0.05, 0) is 84.0 Å². The van der Waals surface area contributed by atoms with Crippen LogP contribution in [0, 0.1) is 22.7 Å². The number of fused-ring (bicyclic) bond motifs is 5. The smallest absolute Gasteiger partial charge is 0.330 e. The third-order valence-corrected chi connectivity index (χ3v) is 12.7. The van der Waals surface area contributed by atoms with Crippen LogP contribution in [0.3, 0.4) is 0 Å². The second-order valence-electron chi connectivity index (χ2n) is 15.1. The molecule has 0 aromatic heterocycles. The Morgan fingerprint density at radius 2 is 1.75 bits per heavy atom. The van der Waals surface area contributed by atoms with Crippen molar-refractivity contribution in [3.63, 3.8) is 0 Å². The van der Waals surface area contributed by atoms with Gasteiger partial charge in [-0.15, -0.1) is 0 Å². The molecule has 4 fully saturated rings. The van der Waals surface area contributed by atoms with Crippen molar-refractivity contribution in [2.75, 3.05) is 0 Å². The predicted octanol–water partition coefficient (Wildman–Crippen LogP) is 2.87. The highest BCUT2D eigenvalue weighted by Crippen LogP contribution is 2.71. The Kier molecular flexibility index (Phi) is 8.61. The van der Waals surface area contributed by atoms with Crippen molar-refractivity contribution < 1.29 is 49.3 Å². The van der Waals surface area contributed by atoms with Gasteiger partial charge in [-0.25, -0.2) is 4.79 Å². The number of rotatable bonds is 6. The van der Waals surface area contributed by atoms with Gasteiger partial charge in [-0.3, -0.25) is 4.79 Å². The summed E-state index contributed by atoms with van der Waals surface area (Å²) in [5.41, 5.74) is -5.91. The second kappa shape index (κ2) is 11.2. The highest BCUT2D eigenvalue weighted by atomic mass is 16.7. The average Bonchev–Trinajstić information content (AvgIpc) is 3.17. The molecular formula is C34H52O10. The number of Topliss-reactive ketones (excluding diaryl/α,β-unsaturated/α-hetero) is 1. The van der Waals surface area contributed by atoms with Crippen LogP contribution >= 0.6 is 0 Å². The standard InChI is InChI=1S/C34H52O10/c1-18(2)19(3)14-27(37)44-26-17-25-30(6)10-9-23(43-28-16-24(36)29(38)20(4)42-28)15-22(30)8-11-33(25,40)34(41)13-12-32(39,21(5)35)31(26,34)7/h8,14,18,20,23-26,28-29,36,38-41H,9-13,15-17H2,1-7H3/b19-14+/t20-,23+,24+,25-,26-,28+,29-,30+,31-,32-,33+,34-/m1/s1. The molecule has 4 aliphatic carbocycles. The van der Waals surface area contributed by atoms with E-state index in [9.17, 15) is 35.1 Å². The van der Waals surface area contributed by atoms with Crippen molar-refractivity contribution in [2.45, 2.75) is 153 Å². The maximum atomic E-state index is 13.3. The summed E-state index contributed by atoms with van der Waals surface area (Å²) in [6.45, 7) is 12.4. The molecule has 1 aliphatic heterocycles. The van der Waals surface area contributed by atoms with E-state index >= 15 is 0 Å². The minimum absolute atomic E-state index is 0.0160. The van der Waals surface area contributed by atoms with Crippen LogP contribution < -0.4 is 0 Å². The van der Waals surface area contributed by atoms with Crippen LogP contribution in [0.4, 0.5) is 0 Å². The summed E-state index contributed by atoms with van der Waals surface area (Å²) in [4.78, 5) is 26.3. The van der Waals surface area contributed by atoms with Crippen molar-refractivity contribution in [2.24, 2.45) is 22.7 Å². The lowest BCUT2D eigenvalue weighted by Crippen LogP contribution is -2.78. The Labute approximate surface area is 260 Å². The van der Waals surface area contributed by atoms with E-state index in [4.69, 9.17) is 14.2 Å². The second-order valence-corrected chi connectivity index (χ2v) is 15.1. The number of ether oxygens (including phenoxy) is 3. The van der Waals surface area contributed by atoms with E-state index in [1.807, 2.05) is 26.8 Å². The molecule has 1 saturated heterocycles. The third kappa shape index (κ3) is 4.78. The fourth-order valence-electron chi connectivity index (χ4n) is 9.33. The number of carbonyl (C=O) groups is 2. The third-order valence-electron chi connectivity index (χ3n) is 12.7. The molecule has 10 nitrogen and oxygen atoms in total. The lowest BCUT2D eigenvalue weighted by atomic mass is 9.42. The topological polar surface area (TPSA) is 163 Å². The summed E-state index contributed by atoms with van der Waals surface area (Å²) in [6, 6.07) is 0. The van der Waals surface area contributed by atoms with Gasteiger partial charge in [-0.1, -0.05) is 38.0 Å². The van der Waals surface area contributed by atoms with Crippen LogP contribution in [-0.4, -0.2) is 90.9 Å². The SMILES string of the molecule is CC(=O)[C@]1(O)CC[C@@]2(O)[C@]1(C)[C@H](OC(=O)/C=C(\C)C(C)C)C[C@@H]1[C@@]3(C)CC[C@H](O[C@H]4C[C@H](O)[C@H](O)[C@@H](C)O4)CC3=CC[C@]12O. The molecule has 0 spiro atoms. The van der Waals surface area contributed by atoms with E-state index in [0.29, 0.717) is 19.3 Å². The summed E-state index contributed by atoms with van der Waals surface area (Å²) in [5, 5.41) is 57.4. The van der Waals surface area contributed by atoms with E-state index < -0.39 is 76.0 Å². The number of allylic oxidation sites excluding steroid dienone is 1. The molecule has 3 saturated carbocycles. The van der Waals surface area contributed by atoms with Crippen molar-refractivity contribution in [3.8, 4) is 0 Å². The highest BCUT2D eigenvalue weighted by molar-refractivity contribution is 5.87. The molecule has 0 aromatic rings. The Balaban J connectivity index is 1.47. The van der Waals surface area contributed by atoms with Crippen molar-refractivity contribution >= 4 is 11.8 Å². The molecule has 12 atom stereocenters. The lowest BCUT2D eigenvalue weighted by Gasteiger charge is -2.67. The molecule has 5 N–H and O–H groups in total. The number of hydrogen-bond acceptors (Lipinski definition) is 10. The molecule has 0 aromatic carbocycles. The molecule has 44 heavy (non-hydrogen) atoms.